The molecule has 3 aromatic carbocycles. The number of hydrogen-bond acceptors (Lipinski definition) is 5. The summed E-state index contributed by atoms with van der Waals surface area (Å²) in [5.74, 6) is -1.16. The molecule has 0 saturated carbocycles. The molecule has 0 amide bonds. The molecule has 2 N–H and O–H groups in total. The van der Waals surface area contributed by atoms with Crippen molar-refractivity contribution in [1.82, 2.24) is 0 Å². The summed E-state index contributed by atoms with van der Waals surface area (Å²) in [7, 11) is 0. The third kappa shape index (κ3) is 5.57. The Labute approximate surface area is 176 Å². The van der Waals surface area contributed by atoms with Crippen molar-refractivity contribution in [2.45, 2.75) is 0 Å². The van der Waals surface area contributed by atoms with Crippen LogP contribution in [0.15, 0.2) is 71.8 Å². The summed E-state index contributed by atoms with van der Waals surface area (Å²) in [6, 6.07) is 17.5. The molecule has 0 radical (unpaired) electrons. The summed E-state index contributed by atoms with van der Waals surface area (Å²) >= 11 is 11.7. The minimum Gasteiger partial charge on any atom is -0.478 e. The van der Waals surface area contributed by atoms with Gasteiger partial charge < -0.3 is 9.84 Å². The van der Waals surface area contributed by atoms with Crippen molar-refractivity contribution in [2.24, 2.45) is 5.10 Å². The number of carbonyl (C=O) groups is 2. The van der Waals surface area contributed by atoms with Crippen LogP contribution in [0.1, 0.15) is 26.3 Å². The molecule has 6 nitrogen and oxygen atoms in total. The molecule has 0 unspecified atom stereocenters. The molecule has 0 heterocycles. The Morgan fingerprint density at radius 2 is 1.55 bits per heavy atom. The molecule has 3 rings (SSSR count). The summed E-state index contributed by atoms with van der Waals surface area (Å²) in [6.07, 6.45) is 1.58. The van der Waals surface area contributed by atoms with Gasteiger partial charge in [-0.15, -0.1) is 0 Å². The highest BCUT2D eigenvalue weighted by atomic mass is 35.5. The number of anilines is 1. The standard InChI is InChI=1S/C21H14Cl2N2O4/c22-18-10-5-15(11-19(18)23)21(28)29-17-8-1-13(2-9-17)12-24-25-16-6-3-14(4-7-16)20(26)27/h1-12,25H,(H,26,27)/b24-12+. The molecule has 0 aromatic heterocycles. The van der Waals surface area contributed by atoms with Gasteiger partial charge >= 0.3 is 11.9 Å². The first-order chi connectivity index (χ1) is 13.9. The van der Waals surface area contributed by atoms with Gasteiger partial charge in [-0.25, -0.2) is 9.59 Å². The van der Waals surface area contributed by atoms with Crippen LogP contribution in [0.4, 0.5) is 5.69 Å². The Bertz CT molecular complexity index is 1070. The zero-order valence-electron chi connectivity index (χ0n) is 14.8. The maximum absolute atomic E-state index is 12.2. The topological polar surface area (TPSA) is 88.0 Å². The van der Waals surface area contributed by atoms with Crippen LogP contribution in [0.25, 0.3) is 0 Å². The normalized spacial score (nSPS) is 10.7. The third-order valence-corrected chi connectivity index (χ3v) is 4.52. The van der Waals surface area contributed by atoms with Crippen LogP contribution >= 0.6 is 23.2 Å². The third-order valence-electron chi connectivity index (χ3n) is 3.79. The number of aromatic carboxylic acids is 1. The number of esters is 1. The van der Waals surface area contributed by atoms with Gasteiger partial charge in [0.05, 0.1) is 33.1 Å². The van der Waals surface area contributed by atoms with Gasteiger partial charge in [0.2, 0.25) is 0 Å². The van der Waals surface area contributed by atoms with Gasteiger partial charge in [0, 0.05) is 0 Å². The predicted molar refractivity (Wildman–Crippen MR) is 112 cm³/mol. The van der Waals surface area contributed by atoms with E-state index in [0.29, 0.717) is 22.0 Å². The molecule has 8 heteroatoms. The van der Waals surface area contributed by atoms with Crippen LogP contribution in [0, 0.1) is 0 Å². The molecule has 0 aliphatic rings. The van der Waals surface area contributed by atoms with Crippen LogP contribution in [0.2, 0.25) is 10.0 Å². The summed E-state index contributed by atoms with van der Waals surface area (Å²) in [6.45, 7) is 0. The Balaban J connectivity index is 1.58. The predicted octanol–water partition coefficient (Wildman–Crippen LogP) is 5.36. The number of carboxylic acid groups (broad SMARTS) is 1. The quantitative estimate of drug-likeness (QED) is 0.239. The Morgan fingerprint density at radius 3 is 2.17 bits per heavy atom. The summed E-state index contributed by atoms with van der Waals surface area (Å²) in [4.78, 5) is 23.0. The minimum atomic E-state index is -0.986. The number of carbonyl (C=O) groups excluding carboxylic acids is 1. The monoisotopic (exact) mass is 428 g/mol. The number of benzene rings is 3. The van der Waals surface area contributed by atoms with E-state index in [0.717, 1.165) is 5.56 Å². The first kappa shape index (κ1) is 20.4. The summed E-state index contributed by atoms with van der Waals surface area (Å²) < 4.78 is 5.31. The van der Waals surface area contributed by atoms with E-state index in [9.17, 15) is 9.59 Å². The zero-order valence-corrected chi connectivity index (χ0v) is 16.3. The fraction of sp³-hybridized carbons (Fsp3) is 0. The number of nitrogens with one attached hydrogen (secondary N) is 1. The molecular formula is C21H14Cl2N2O4. The molecule has 0 saturated heterocycles. The molecule has 0 atom stereocenters. The zero-order chi connectivity index (χ0) is 20.8. The molecule has 29 heavy (non-hydrogen) atoms. The number of hydrogen-bond donors (Lipinski definition) is 2. The SMILES string of the molecule is O=C(O)c1ccc(N/N=C/c2ccc(OC(=O)c3ccc(Cl)c(Cl)c3)cc2)cc1. The van der Waals surface area contributed by atoms with Crippen molar-refractivity contribution in [3.8, 4) is 5.75 Å². The van der Waals surface area contributed by atoms with Gasteiger partial charge in [-0.1, -0.05) is 23.2 Å². The lowest BCUT2D eigenvalue weighted by Crippen LogP contribution is -2.08. The second-order valence-electron chi connectivity index (χ2n) is 5.84. The highest BCUT2D eigenvalue weighted by molar-refractivity contribution is 6.42. The fourth-order valence-electron chi connectivity index (χ4n) is 2.28. The summed E-state index contributed by atoms with van der Waals surface area (Å²) in [5, 5.41) is 13.6. The van der Waals surface area contributed by atoms with Crippen molar-refractivity contribution in [3.05, 3.63) is 93.5 Å². The molecule has 3 aromatic rings. The van der Waals surface area contributed by atoms with Gasteiger partial charge in [-0.2, -0.15) is 5.10 Å². The van der Waals surface area contributed by atoms with E-state index >= 15 is 0 Å². The van der Waals surface area contributed by atoms with E-state index < -0.39 is 11.9 Å². The molecule has 0 bridgehead atoms. The van der Waals surface area contributed by atoms with E-state index in [1.54, 1.807) is 42.6 Å². The lowest BCUT2D eigenvalue weighted by atomic mass is 10.2. The van der Waals surface area contributed by atoms with Crippen molar-refractivity contribution >= 4 is 47.0 Å². The highest BCUT2D eigenvalue weighted by Crippen LogP contribution is 2.23. The van der Waals surface area contributed by atoms with E-state index in [-0.39, 0.29) is 10.6 Å². The lowest BCUT2D eigenvalue weighted by Gasteiger charge is -2.05. The number of ether oxygens (including phenoxy) is 1. The average molecular weight is 429 g/mol. The van der Waals surface area contributed by atoms with Gasteiger partial charge in [0.1, 0.15) is 5.75 Å². The van der Waals surface area contributed by atoms with E-state index in [1.165, 1.54) is 30.3 Å². The van der Waals surface area contributed by atoms with E-state index in [4.69, 9.17) is 33.0 Å². The van der Waals surface area contributed by atoms with Gasteiger partial charge in [-0.3, -0.25) is 5.43 Å². The van der Waals surface area contributed by atoms with Gasteiger partial charge in [0.15, 0.2) is 0 Å². The molecule has 146 valence electrons. The van der Waals surface area contributed by atoms with Gasteiger partial charge in [0.25, 0.3) is 0 Å². The molecule has 0 aliphatic carbocycles. The average Bonchev–Trinajstić information content (AvgIpc) is 2.71. The smallest absolute Gasteiger partial charge is 0.343 e. The molecule has 0 fully saturated rings. The first-order valence-corrected chi connectivity index (χ1v) is 9.08. The molecule has 0 spiro atoms. The maximum Gasteiger partial charge on any atom is 0.343 e. The number of hydrazone groups is 1. The van der Waals surface area contributed by atoms with Crippen LogP contribution in [0.3, 0.4) is 0 Å². The largest absolute Gasteiger partial charge is 0.478 e. The number of rotatable bonds is 6. The lowest BCUT2D eigenvalue weighted by molar-refractivity contribution is 0.0694. The van der Waals surface area contributed by atoms with Crippen molar-refractivity contribution in [1.29, 1.82) is 0 Å². The number of halogens is 2. The summed E-state index contributed by atoms with van der Waals surface area (Å²) in [5.41, 5.74) is 4.72. The number of nitrogens with zero attached hydrogens (tertiary/aromatic N) is 1. The second-order valence-corrected chi connectivity index (χ2v) is 6.65. The highest BCUT2D eigenvalue weighted by Gasteiger charge is 2.10. The van der Waals surface area contributed by atoms with Crippen LogP contribution in [0.5, 0.6) is 5.75 Å². The maximum atomic E-state index is 12.2. The Hall–Kier alpha value is -3.35. The second kappa shape index (κ2) is 9.23. The van der Waals surface area contributed by atoms with Crippen LogP contribution in [-0.4, -0.2) is 23.3 Å². The minimum absolute atomic E-state index is 0.200. The molecular weight excluding hydrogens is 415 g/mol. The van der Waals surface area contributed by atoms with E-state index in [2.05, 4.69) is 10.5 Å². The Kier molecular flexibility index (Phi) is 6.49. The molecule has 0 aliphatic heterocycles. The van der Waals surface area contributed by atoms with Crippen LogP contribution in [-0.2, 0) is 0 Å². The van der Waals surface area contributed by atoms with Crippen molar-refractivity contribution in [2.75, 3.05) is 5.43 Å². The van der Waals surface area contributed by atoms with Crippen molar-refractivity contribution < 1.29 is 19.4 Å². The van der Waals surface area contributed by atoms with Crippen LogP contribution < -0.4 is 10.2 Å². The van der Waals surface area contributed by atoms with E-state index in [1.807, 2.05) is 0 Å². The Morgan fingerprint density at radius 1 is 0.897 bits per heavy atom. The number of carboxylic acids is 1. The van der Waals surface area contributed by atoms with Gasteiger partial charge in [-0.05, 0) is 72.3 Å². The van der Waals surface area contributed by atoms with Crippen molar-refractivity contribution in [3.63, 3.8) is 0 Å². The fourth-order valence-corrected chi connectivity index (χ4v) is 2.58. The first-order valence-electron chi connectivity index (χ1n) is 8.32.